The number of nitrogens with one attached hydrogen (secondary N) is 1. The lowest BCUT2D eigenvalue weighted by molar-refractivity contribution is -0.132. The molecule has 130 valence electrons. The molecule has 1 aromatic carbocycles. The van der Waals surface area contributed by atoms with E-state index in [1.807, 2.05) is 16.0 Å². The number of para-hydroxylation sites is 1. The molecule has 25 heavy (non-hydrogen) atoms. The number of carbonyl (C=O) groups excluding carboxylic acids is 2. The van der Waals surface area contributed by atoms with Crippen LogP contribution in [-0.2, 0) is 16.0 Å². The van der Waals surface area contributed by atoms with Crippen LogP contribution in [0.2, 0.25) is 10.0 Å². The molecule has 3 aromatic rings. The van der Waals surface area contributed by atoms with Crippen molar-refractivity contribution in [3.63, 3.8) is 0 Å². The topological polar surface area (TPSA) is 66.7 Å². The van der Waals surface area contributed by atoms with E-state index in [0.29, 0.717) is 21.4 Å². The van der Waals surface area contributed by atoms with Gasteiger partial charge in [-0.2, -0.15) is 0 Å². The summed E-state index contributed by atoms with van der Waals surface area (Å²) in [6, 6.07) is 4.94. The molecule has 6 nitrogen and oxygen atoms in total. The number of carbonyl (C=O) groups is 2. The molecule has 2 heterocycles. The first-order valence-corrected chi connectivity index (χ1v) is 8.96. The Morgan fingerprint density at radius 1 is 1.32 bits per heavy atom. The Morgan fingerprint density at radius 3 is 2.72 bits per heavy atom. The molecule has 2 amide bonds. The minimum Gasteiger partial charge on any atom is -0.336 e. The maximum absolute atomic E-state index is 12.3. The fourth-order valence-electron chi connectivity index (χ4n) is 2.25. The van der Waals surface area contributed by atoms with Crippen LogP contribution in [0.3, 0.4) is 0 Å². The van der Waals surface area contributed by atoms with E-state index in [9.17, 15) is 9.59 Å². The lowest BCUT2D eigenvalue weighted by Gasteiger charge is -2.17. The van der Waals surface area contributed by atoms with Gasteiger partial charge in [0, 0.05) is 24.8 Å². The van der Waals surface area contributed by atoms with E-state index in [1.165, 1.54) is 16.2 Å². The first-order chi connectivity index (χ1) is 11.9. The molecular weight excluding hydrogens is 383 g/mol. The van der Waals surface area contributed by atoms with Gasteiger partial charge in [0.15, 0.2) is 4.96 Å². The van der Waals surface area contributed by atoms with Gasteiger partial charge in [-0.1, -0.05) is 29.3 Å². The quantitative estimate of drug-likeness (QED) is 0.718. The molecular formula is C16H14Cl2N4O2S. The van der Waals surface area contributed by atoms with Crippen LogP contribution in [0, 0.1) is 0 Å². The maximum Gasteiger partial charge on any atom is 0.244 e. The zero-order valence-corrected chi connectivity index (χ0v) is 15.5. The molecule has 9 heteroatoms. The third-order valence-electron chi connectivity index (χ3n) is 3.51. The number of imidazole rings is 1. The molecule has 0 unspecified atom stereocenters. The number of hydrogen-bond donors (Lipinski definition) is 1. The van der Waals surface area contributed by atoms with Crippen molar-refractivity contribution >= 4 is 57.0 Å². The molecule has 0 aliphatic heterocycles. The minimum absolute atomic E-state index is 0.109. The highest BCUT2D eigenvalue weighted by molar-refractivity contribution is 7.15. The van der Waals surface area contributed by atoms with E-state index in [2.05, 4.69) is 10.3 Å². The number of thiazole rings is 1. The van der Waals surface area contributed by atoms with Gasteiger partial charge >= 0.3 is 0 Å². The van der Waals surface area contributed by atoms with Crippen LogP contribution in [0.5, 0.6) is 0 Å². The molecule has 2 aromatic heterocycles. The molecule has 0 saturated heterocycles. The SMILES string of the molecule is CN(CC(=O)Nc1c(Cl)cccc1Cl)C(=O)Cc1cn2ccsc2n1. The third-order valence-corrected chi connectivity index (χ3v) is 4.91. The average molecular weight is 397 g/mol. The Bertz CT molecular complexity index is 889. The Labute approximate surface area is 158 Å². The lowest BCUT2D eigenvalue weighted by Crippen LogP contribution is -2.36. The van der Waals surface area contributed by atoms with E-state index in [4.69, 9.17) is 23.2 Å². The van der Waals surface area contributed by atoms with Crippen LogP contribution >= 0.6 is 34.5 Å². The number of hydrogen-bond acceptors (Lipinski definition) is 4. The predicted octanol–water partition coefficient (Wildman–Crippen LogP) is 3.34. The third kappa shape index (κ3) is 4.12. The summed E-state index contributed by atoms with van der Waals surface area (Å²) < 4.78 is 1.86. The van der Waals surface area contributed by atoms with Gasteiger partial charge in [-0.15, -0.1) is 11.3 Å². The first kappa shape index (κ1) is 17.7. The van der Waals surface area contributed by atoms with Crippen molar-refractivity contribution in [1.29, 1.82) is 0 Å². The van der Waals surface area contributed by atoms with E-state index in [1.54, 1.807) is 31.4 Å². The molecule has 0 atom stereocenters. The molecule has 0 spiro atoms. The fourth-order valence-corrected chi connectivity index (χ4v) is 3.46. The Balaban J connectivity index is 1.59. The number of benzene rings is 1. The van der Waals surface area contributed by atoms with E-state index in [-0.39, 0.29) is 24.8 Å². The summed E-state index contributed by atoms with van der Waals surface area (Å²) in [5.74, 6) is -0.581. The Morgan fingerprint density at radius 2 is 2.04 bits per heavy atom. The number of aromatic nitrogens is 2. The maximum atomic E-state index is 12.3. The highest BCUT2D eigenvalue weighted by Gasteiger charge is 2.17. The summed E-state index contributed by atoms with van der Waals surface area (Å²) in [5.41, 5.74) is 1.00. The summed E-state index contributed by atoms with van der Waals surface area (Å²) >= 11 is 13.5. The summed E-state index contributed by atoms with van der Waals surface area (Å²) in [5, 5.41) is 5.23. The fraction of sp³-hybridized carbons (Fsp3) is 0.188. The average Bonchev–Trinajstić information content (AvgIpc) is 3.12. The molecule has 0 aliphatic carbocycles. The largest absolute Gasteiger partial charge is 0.336 e. The van der Waals surface area contributed by atoms with Crippen molar-refractivity contribution in [3.8, 4) is 0 Å². The summed E-state index contributed by atoms with van der Waals surface area (Å²) in [4.78, 5) is 31.0. The van der Waals surface area contributed by atoms with E-state index < -0.39 is 0 Å². The second kappa shape index (κ2) is 7.43. The van der Waals surface area contributed by atoms with Crippen LogP contribution in [0.1, 0.15) is 5.69 Å². The highest BCUT2D eigenvalue weighted by Crippen LogP contribution is 2.29. The van der Waals surface area contributed by atoms with Crippen LogP contribution in [0.25, 0.3) is 4.96 Å². The molecule has 1 N–H and O–H groups in total. The molecule has 0 fully saturated rings. The van der Waals surface area contributed by atoms with Crippen molar-refractivity contribution in [2.75, 3.05) is 18.9 Å². The van der Waals surface area contributed by atoms with Gasteiger partial charge in [0.25, 0.3) is 0 Å². The van der Waals surface area contributed by atoms with Crippen LogP contribution < -0.4 is 5.32 Å². The van der Waals surface area contributed by atoms with Gasteiger partial charge in [-0.25, -0.2) is 4.98 Å². The molecule has 0 radical (unpaired) electrons. The zero-order valence-electron chi connectivity index (χ0n) is 13.2. The highest BCUT2D eigenvalue weighted by atomic mass is 35.5. The number of nitrogens with zero attached hydrogens (tertiary/aromatic N) is 3. The summed E-state index contributed by atoms with van der Waals surface area (Å²) in [6.45, 7) is -0.109. The van der Waals surface area contributed by atoms with Gasteiger partial charge in [-0.05, 0) is 12.1 Å². The minimum atomic E-state index is -0.378. The van der Waals surface area contributed by atoms with Crippen molar-refractivity contribution in [1.82, 2.24) is 14.3 Å². The van der Waals surface area contributed by atoms with Crippen LogP contribution in [0.4, 0.5) is 5.69 Å². The van der Waals surface area contributed by atoms with Gasteiger partial charge in [0.05, 0.1) is 34.4 Å². The second-order valence-corrected chi connectivity index (χ2v) is 7.08. The lowest BCUT2D eigenvalue weighted by atomic mass is 10.3. The number of fused-ring (bicyclic) bond motifs is 1. The van der Waals surface area contributed by atoms with E-state index >= 15 is 0 Å². The predicted molar refractivity (Wildman–Crippen MR) is 99.5 cm³/mol. The zero-order chi connectivity index (χ0) is 18.0. The number of halogens is 2. The molecule has 0 bridgehead atoms. The van der Waals surface area contributed by atoms with Crippen LogP contribution in [-0.4, -0.2) is 39.7 Å². The smallest absolute Gasteiger partial charge is 0.244 e. The van der Waals surface area contributed by atoms with Gasteiger partial charge in [-0.3, -0.25) is 14.0 Å². The van der Waals surface area contributed by atoms with Crippen molar-refractivity contribution in [3.05, 3.63) is 51.7 Å². The first-order valence-electron chi connectivity index (χ1n) is 7.33. The summed E-state index contributed by atoms with van der Waals surface area (Å²) in [7, 11) is 1.56. The number of rotatable bonds is 5. The van der Waals surface area contributed by atoms with Crippen molar-refractivity contribution in [2.24, 2.45) is 0 Å². The number of amides is 2. The number of likely N-dealkylation sites (N-methyl/N-ethyl adjacent to an activating group) is 1. The monoisotopic (exact) mass is 396 g/mol. The molecule has 0 saturated carbocycles. The van der Waals surface area contributed by atoms with Crippen molar-refractivity contribution < 1.29 is 9.59 Å². The van der Waals surface area contributed by atoms with Crippen molar-refractivity contribution in [2.45, 2.75) is 6.42 Å². The van der Waals surface area contributed by atoms with Crippen LogP contribution in [0.15, 0.2) is 36.0 Å². The molecule has 3 rings (SSSR count). The second-order valence-electron chi connectivity index (χ2n) is 5.40. The molecule has 0 aliphatic rings. The van der Waals surface area contributed by atoms with E-state index in [0.717, 1.165) is 4.96 Å². The summed E-state index contributed by atoms with van der Waals surface area (Å²) in [6.07, 6.45) is 3.82. The van der Waals surface area contributed by atoms with Gasteiger partial charge in [0.2, 0.25) is 11.8 Å². The normalized spacial score (nSPS) is 10.8. The van der Waals surface area contributed by atoms with Gasteiger partial charge in [0.1, 0.15) is 0 Å². The Hall–Kier alpha value is -2.09. The Kier molecular flexibility index (Phi) is 5.27. The number of anilines is 1. The standard InChI is InChI=1S/C16H14Cl2N4O2S/c1-21(9-13(23)20-15-11(17)3-2-4-12(15)18)14(24)7-10-8-22-5-6-25-16(22)19-10/h2-6,8H,7,9H2,1H3,(H,20,23). The van der Waals surface area contributed by atoms with Gasteiger partial charge < -0.3 is 10.2 Å².